The first kappa shape index (κ1) is 11.8. The molecule has 2 rings (SSSR count). The van der Waals surface area contributed by atoms with Gasteiger partial charge >= 0.3 is 0 Å². The van der Waals surface area contributed by atoms with E-state index in [1.54, 1.807) is 11.5 Å². The standard InChI is InChI=1S/C12H13BrN2S/c1-2-14-8-11-7-12(15-16-11)9-3-5-10(13)6-4-9/h3-7,14H,2,8H2,1H3. The minimum Gasteiger partial charge on any atom is -0.312 e. The van der Waals surface area contributed by atoms with Crippen molar-refractivity contribution >= 4 is 27.5 Å². The van der Waals surface area contributed by atoms with Gasteiger partial charge in [-0.2, -0.15) is 4.37 Å². The maximum atomic E-state index is 4.46. The van der Waals surface area contributed by atoms with E-state index in [1.165, 1.54) is 10.4 Å². The topological polar surface area (TPSA) is 24.9 Å². The molecule has 1 aromatic carbocycles. The molecule has 0 radical (unpaired) electrons. The SMILES string of the molecule is CCNCc1cc(-c2ccc(Br)cc2)ns1. The monoisotopic (exact) mass is 296 g/mol. The molecule has 0 aliphatic rings. The summed E-state index contributed by atoms with van der Waals surface area (Å²) in [6.45, 7) is 4.01. The van der Waals surface area contributed by atoms with Gasteiger partial charge in [-0.15, -0.1) is 0 Å². The summed E-state index contributed by atoms with van der Waals surface area (Å²) < 4.78 is 5.55. The number of nitrogens with zero attached hydrogens (tertiary/aromatic N) is 1. The molecule has 0 amide bonds. The normalized spacial score (nSPS) is 10.6. The molecule has 4 heteroatoms. The molecule has 0 saturated heterocycles. The lowest BCUT2D eigenvalue weighted by Gasteiger charge is -1.96. The summed E-state index contributed by atoms with van der Waals surface area (Å²) in [6.07, 6.45) is 0. The zero-order valence-corrected chi connectivity index (χ0v) is 11.4. The van der Waals surface area contributed by atoms with E-state index in [0.717, 1.165) is 23.3 Å². The summed E-state index contributed by atoms with van der Waals surface area (Å²) in [6, 6.07) is 10.4. The predicted octanol–water partition coefficient (Wildman–Crippen LogP) is 3.68. The van der Waals surface area contributed by atoms with Crippen LogP contribution in [0.15, 0.2) is 34.8 Å². The highest BCUT2D eigenvalue weighted by Gasteiger charge is 2.03. The lowest BCUT2D eigenvalue weighted by Crippen LogP contribution is -2.10. The number of hydrogen-bond donors (Lipinski definition) is 1. The summed E-state index contributed by atoms with van der Waals surface area (Å²) in [5.74, 6) is 0. The molecule has 16 heavy (non-hydrogen) atoms. The third kappa shape index (κ3) is 2.90. The Kier molecular flexibility index (Phi) is 4.09. The Balaban J connectivity index is 2.15. The molecule has 0 spiro atoms. The lowest BCUT2D eigenvalue weighted by atomic mass is 10.1. The first-order valence-electron chi connectivity index (χ1n) is 5.22. The Bertz CT molecular complexity index is 450. The van der Waals surface area contributed by atoms with Crippen LogP contribution >= 0.6 is 27.5 Å². The van der Waals surface area contributed by atoms with Crippen molar-refractivity contribution in [3.8, 4) is 11.3 Å². The van der Waals surface area contributed by atoms with E-state index in [1.807, 2.05) is 12.1 Å². The molecule has 2 nitrogen and oxygen atoms in total. The van der Waals surface area contributed by atoms with Crippen LogP contribution in [0, 0.1) is 0 Å². The molecular formula is C12H13BrN2S. The van der Waals surface area contributed by atoms with Crippen LogP contribution in [0.3, 0.4) is 0 Å². The molecule has 0 saturated carbocycles. The number of aromatic nitrogens is 1. The van der Waals surface area contributed by atoms with E-state index in [9.17, 15) is 0 Å². The molecule has 84 valence electrons. The number of nitrogens with one attached hydrogen (secondary N) is 1. The minimum absolute atomic E-state index is 0.907. The Morgan fingerprint density at radius 1 is 1.31 bits per heavy atom. The zero-order chi connectivity index (χ0) is 11.4. The summed E-state index contributed by atoms with van der Waals surface area (Å²) in [5.41, 5.74) is 2.23. The Morgan fingerprint density at radius 2 is 2.06 bits per heavy atom. The van der Waals surface area contributed by atoms with Crippen molar-refractivity contribution in [1.29, 1.82) is 0 Å². The van der Waals surface area contributed by atoms with Gasteiger partial charge in [0.15, 0.2) is 0 Å². The molecule has 2 aromatic rings. The van der Waals surface area contributed by atoms with E-state index in [0.29, 0.717) is 0 Å². The Labute approximate surface area is 108 Å². The molecule has 0 aliphatic carbocycles. The van der Waals surface area contributed by atoms with E-state index in [-0.39, 0.29) is 0 Å². The third-order valence-electron chi connectivity index (χ3n) is 2.25. The second kappa shape index (κ2) is 5.57. The van der Waals surface area contributed by atoms with Crippen LogP contribution in [0.2, 0.25) is 0 Å². The summed E-state index contributed by atoms with van der Waals surface area (Å²) >= 11 is 4.99. The van der Waals surface area contributed by atoms with E-state index < -0.39 is 0 Å². The van der Waals surface area contributed by atoms with Gasteiger partial charge in [0.05, 0.1) is 5.69 Å². The second-order valence-corrected chi connectivity index (χ2v) is 5.27. The zero-order valence-electron chi connectivity index (χ0n) is 9.03. The van der Waals surface area contributed by atoms with Crippen molar-refractivity contribution < 1.29 is 0 Å². The fourth-order valence-corrected chi connectivity index (χ4v) is 2.37. The Morgan fingerprint density at radius 3 is 2.75 bits per heavy atom. The van der Waals surface area contributed by atoms with Crippen LogP contribution in [0.1, 0.15) is 11.8 Å². The third-order valence-corrected chi connectivity index (χ3v) is 3.56. The van der Waals surface area contributed by atoms with Gasteiger partial charge in [0.25, 0.3) is 0 Å². The van der Waals surface area contributed by atoms with Crippen LogP contribution in [0.25, 0.3) is 11.3 Å². The molecule has 0 bridgehead atoms. The first-order chi connectivity index (χ1) is 7.79. The van der Waals surface area contributed by atoms with E-state index >= 15 is 0 Å². The molecule has 0 fully saturated rings. The van der Waals surface area contributed by atoms with Gasteiger partial charge in [0.1, 0.15) is 0 Å². The lowest BCUT2D eigenvalue weighted by molar-refractivity contribution is 0.735. The van der Waals surface area contributed by atoms with Crippen LogP contribution in [0.5, 0.6) is 0 Å². The van der Waals surface area contributed by atoms with Crippen LogP contribution < -0.4 is 5.32 Å². The van der Waals surface area contributed by atoms with Crippen molar-refractivity contribution in [2.75, 3.05) is 6.54 Å². The highest BCUT2D eigenvalue weighted by molar-refractivity contribution is 9.10. The quantitative estimate of drug-likeness (QED) is 0.931. The van der Waals surface area contributed by atoms with Crippen LogP contribution in [-0.2, 0) is 6.54 Å². The van der Waals surface area contributed by atoms with Gasteiger partial charge in [0, 0.05) is 21.5 Å². The van der Waals surface area contributed by atoms with Crippen molar-refractivity contribution in [2.24, 2.45) is 0 Å². The molecule has 1 heterocycles. The smallest absolute Gasteiger partial charge is 0.0844 e. The summed E-state index contributed by atoms with van der Waals surface area (Å²) in [7, 11) is 0. The van der Waals surface area contributed by atoms with Crippen molar-refractivity contribution in [3.05, 3.63) is 39.7 Å². The first-order valence-corrected chi connectivity index (χ1v) is 6.78. The maximum Gasteiger partial charge on any atom is 0.0844 e. The largest absolute Gasteiger partial charge is 0.312 e. The highest BCUT2D eigenvalue weighted by Crippen LogP contribution is 2.23. The Hall–Kier alpha value is -0.710. The molecule has 0 unspecified atom stereocenters. The van der Waals surface area contributed by atoms with Gasteiger partial charge in [-0.1, -0.05) is 35.0 Å². The molecule has 1 N–H and O–H groups in total. The second-order valence-electron chi connectivity index (χ2n) is 3.47. The number of halogens is 1. The van der Waals surface area contributed by atoms with Crippen LogP contribution in [0.4, 0.5) is 0 Å². The number of rotatable bonds is 4. The maximum absolute atomic E-state index is 4.46. The minimum atomic E-state index is 0.907. The average molecular weight is 297 g/mol. The van der Waals surface area contributed by atoms with Gasteiger partial charge in [0.2, 0.25) is 0 Å². The van der Waals surface area contributed by atoms with Gasteiger partial charge < -0.3 is 5.32 Å². The van der Waals surface area contributed by atoms with Crippen molar-refractivity contribution in [1.82, 2.24) is 9.69 Å². The highest BCUT2D eigenvalue weighted by atomic mass is 79.9. The average Bonchev–Trinajstić information content (AvgIpc) is 2.76. The van der Waals surface area contributed by atoms with Gasteiger partial charge in [-0.25, -0.2) is 0 Å². The molecule has 0 atom stereocenters. The van der Waals surface area contributed by atoms with Crippen LogP contribution in [-0.4, -0.2) is 10.9 Å². The molecule has 0 aliphatic heterocycles. The van der Waals surface area contributed by atoms with Gasteiger partial charge in [-0.05, 0) is 36.3 Å². The molecular weight excluding hydrogens is 284 g/mol. The number of benzene rings is 1. The molecule has 1 aromatic heterocycles. The van der Waals surface area contributed by atoms with Gasteiger partial charge in [-0.3, -0.25) is 0 Å². The van der Waals surface area contributed by atoms with E-state index in [4.69, 9.17) is 0 Å². The van der Waals surface area contributed by atoms with E-state index in [2.05, 4.69) is 50.7 Å². The summed E-state index contributed by atoms with van der Waals surface area (Å²) in [5, 5.41) is 3.30. The van der Waals surface area contributed by atoms with Crippen molar-refractivity contribution in [2.45, 2.75) is 13.5 Å². The summed E-state index contributed by atoms with van der Waals surface area (Å²) in [4.78, 5) is 1.28. The number of hydrogen-bond acceptors (Lipinski definition) is 3. The van der Waals surface area contributed by atoms with Crippen molar-refractivity contribution in [3.63, 3.8) is 0 Å². The fraction of sp³-hybridized carbons (Fsp3) is 0.250. The predicted molar refractivity (Wildman–Crippen MR) is 72.6 cm³/mol. The fourth-order valence-electron chi connectivity index (χ4n) is 1.40.